The van der Waals surface area contributed by atoms with E-state index >= 15 is 0 Å². The van der Waals surface area contributed by atoms with Crippen molar-refractivity contribution in [3.8, 4) is 50.2 Å². The molecule has 10 aromatic rings. The molecular formula is C54H41N. The van der Waals surface area contributed by atoms with Crippen molar-refractivity contribution in [3.63, 3.8) is 0 Å². The van der Waals surface area contributed by atoms with Crippen LogP contribution in [0.4, 0.5) is 0 Å². The molecule has 1 aromatic heterocycles. The van der Waals surface area contributed by atoms with E-state index < -0.39 is 0 Å². The summed E-state index contributed by atoms with van der Waals surface area (Å²) in [7, 11) is 0. The van der Waals surface area contributed by atoms with Crippen molar-refractivity contribution in [3.05, 3.63) is 200 Å². The highest BCUT2D eigenvalue weighted by Crippen LogP contribution is 2.45. The first-order valence-corrected chi connectivity index (χ1v) is 19.3. The van der Waals surface area contributed by atoms with E-state index in [9.17, 15) is 0 Å². The van der Waals surface area contributed by atoms with Gasteiger partial charge in [-0.25, -0.2) is 0 Å². The van der Waals surface area contributed by atoms with Gasteiger partial charge in [0.05, 0.1) is 11.0 Å². The fourth-order valence-electron chi connectivity index (χ4n) is 8.57. The first kappa shape index (κ1) is 32.9. The standard InChI is InChI=1S/C54H41N/c1-54(2,3)42-29-32-47-49(35-42)53(46-20-11-10-19-45(46)52(47)39-16-8-5-9-17-39)40-26-30-43(31-27-40)55-50-21-13-12-18-44(50)48-34-41(28-33-51(48)55)38-24-22-37(23-25-38)36-14-6-4-7-15-36/h4-35H,1-3H3. The topological polar surface area (TPSA) is 4.93 Å². The molecule has 0 unspecified atom stereocenters. The molecule has 9 aromatic carbocycles. The Morgan fingerprint density at radius 3 is 1.42 bits per heavy atom. The maximum Gasteiger partial charge on any atom is 0.0541 e. The van der Waals surface area contributed by atoms with Crippen LogP contribution < -0.4 is 0 Å². The predicted octanol–water partition coefficient (Wildman–Crippen LogP) is 15.1. The number of aromatic nitrogens is 1. The van der Waals surface area contributed by atoms with Gasteiger partial charge in [0, 0.05) is 16.5 Å². The Balaban J connectivity index is 1.12. The van der Waals surface area contributed by atoms with Crippen molar-refractivity contribution in [2.24, 2.45) is 0 Å². The lowest BCUT2D eigenvalue weighted by Crippen LogP contribution is -2.10. The van der Waals surface area contributed by atoms with E-state index in [0.29, 0.717) is 0 Å². The average molecular weight is 704 g/mol. The molecule has 55 heavy (non-hydrogen) atoms. The fourth-order valence-corrected chi connectivity index (χ4v) is 8.57. The molecule has 0 saturated heterocycles. The second-order valence-electron chi connectivity index (χ2n) is 15.7. The van der Waals surface area contributed by atoms with E-state index in [1.54, 1.807) is 0 Å². The third-order valence-electron chi connectivity index (χ3n) is 11.4. The maximum atomic E-state index is 2.44. The molecule has 0 aliphatic rings. The molecule has 0 spiro atoms. The summed E-state index contributed by atoms with van der Waals surface area (Å²) >= 11 is 0. The number of hydrogen-bond acceptors (Lipinski definition) is 0. The summed E-state index contributed by atoms with van der Waals surface area (Å²) in [4.78, 5) is 0. The average Bonchev–Trinajstić information content (AvgIpc) is 3.56. The molecule has 0 N–H and O–H groups in total. The second kappa shape index (κ2) is 13.0. The van der Waals surface area contributed by atoms with E-state index in [2.05, 4.69) is 219 Å². The lowest BCUT2D eigenvalue weighted by Gasteiger charge is -2.23. The Hall–Kier alpha value is -6.70. The Kier molecular flexibility index (Phi) is 7.78. The summed E-state index contributed by atoms with van der Waals surface area (Å²) < 4.78 is 2.42. The zero-order valence-corrected chi connectivity index (χ0v) is 31.4. The van der Waals surface area contributed by atoms with Gasteiger partial charge in [0.1, 0.15) is 0 Å². The molecule has 0 atom stereocenters. The van der Waals surface area contributed by atoms with Crippen LogP contribution in [-0.2, 0) is 5.41 Å². The number of nitrogens with zero attached hydrogens (tertiary/aromatic N) is 1. The fraction of sp³-hybridized carbons (Fsp3) is 0.0741. The molecule has 0 amide bonds. The highest BCUT2D eigenvalue weighted by atomic mass is 15.0. The minimum absolute atomic E-state index is 0.0237. The number of fused-ring (bicyclic) bond motifs is 5. The molecule has 0 aliphatic carbocycles. The van der Waals surface area contributed by atoms with Gasteiger partial charge in [-0.15, -0.1) is 0 Å². The molecule has 10 rings (SSSR count). The molecule has 1 heteroatoms. The zero-order valence-electron chi connectivity index (χ0n) is 31.4. The van der Waals surface area contributed by atoms with Crippen LogP contribution in [0.15, 0.2) is 194 Å². The quantitative estimate of drug-likeness (QED) is 0.157. The van der Waals surface area contributed by atoms with Gasteiger partial charge in [0.15, 0.2) is 0 Å². The van der Waals surface area contributed by atoms with Crippen molar-refractivity contribution < 1.29 is 0 Å². The summed E-state index contributed by atoms with van der Waals surface area (Å²) in [6, 6.07) is 71.4. The Labute approximate surface area is 322 Å². The summed E-state index contributed by atoms with van der Waals surface area (Å²) in [5.41, 5.74) is 14.9. The lowest BCUT2D eigenvalue weighted by molar-refractivity contribution is 0.591. The third-order valence-corrected chi connectivity index (χ3v) is 11.4. The van der Waals surface area contributed by atoms with Crippen LogP contribution in [0.25, 0.3) is 93.5 Å². The largest absolute Gasteiger partial charge is 0.309 e. The van der Waals surface area contributed by atoms with Crippen molar-refractivity contribution >= 4 is 43.4 Å². The Morgan fingerprint density at radius 1 is 0.309 bits per heavy atom. The van der Waals surface area contributed by atoms with Crippen molar-refractivity contribution in [2.45, 2.75) is 26.2 Å². The summed E-state index contributed by atoms with van der Waals surface area (Å²) in [6.07, 6.45) is 0. The van der Waals surface area contributed by atoms with Crippen LogP contribution in [0.2, 0.25) is 0 Å². The van der Waals surface area contributed by atoms with Gasteiger partial charge in [0.25, 0.3) is 0 Å². The highest BCUT2D eigenvalue weighted by Gasteiger charge is 2.21. The summed E-state index contributed by atoms with van der Waals surface area (Å²) in [6.45, 7) is 6.91. The first-order valence-electron chi connectivity index (χ1n) is 19.3. The van der Waals surface area contributed by atoms with Gasteiger partial charge in [-0.1, -0.05) is 178 Å². The Bertz CT molecular complexity index is 3020. The van der Waals surface area contributed by atoms with E-state index in [4.69, 9.17) is 0 Å². The molecule has 0 fully saturated rings. The summed E-state index contributed by atoms with van der Waals surface area (Å²) in [5.74, 6) is 0. The van der Waals surface area contributed by atoms with Gasteiger partial charge in [-0.05, 0) is 113 Å². The highest BCUT2D eigenvalue weighted by molar-refractivity contribution is 6.21. The molecular weight excluding hydrogens is 663 g/mol. The van der Waals surface area contributed by atoms with Gasteiger partial charge in [-0.3, -0.25) is 0 Å². The molecule has 0 saturated carbocycles. The van der Waals surface area contributed by atoms with Crippen molar-refractivity contribution in [1.82, 2.24) is 4.57 Å². The van der Waals surface area contributed by atoms with Crippen molar-refractivity contribution in [1.29, 1.82) is 0 Å². The van der Waals surface area contributed by atoms with Crippen LogP contribution in [-0.4, -0.2) is 4.57 Å². The van der Waals surface area contributed by atoms with Crippen LogP contribution in [0, 0.1) is 0 Å². The van der Waals surface area contributed by atoms with Gasteiger partial charge in [0.2, 0.25) is 0 Å². The van der Waals surface area contributed by atoms with Gasteiger partial charge < -0.3 is 4.57 Å². The zero-order chi connectivity index (χ0) is 37.1. The molecule has 1 nitrogen and oxygen atoms in total. The van der Waals surface area contributed by atoms with Gasteiger partial charge >= 0.3 is 0 Å². The van der Waals surface area contributed by atoms with Crippen molar-refractivity contribution in [2.75, 3.05) is 0 Å². The Morgan fingerprint density at radius 2 is 0.764 bits per heavy atom. The molecule has 1 heterocycles. The molecule has 0 radical (unpaired) electrons. The van der Waals surface area contributed by atoms with Crippen LogP contribution in [0.3, 0.4) is 0 Å². The van der Waals surface area contributed by atoms with Crippen LogP contribution >= 0.6 is 0 Å². The normalized spacial score (nSPS) is 11.9. The first-order chi connectivity index (χ1) is 26.9. The lowest BCUT2D eigenvalue weighted by atomic mass is 9.81. The molecule has 0 bridgehead atoms. The van der Waals surface area contributed by atoms with E-state index in [0.717, 1.165) is 5.69 Å². The predicted molar refractivity (Wildman–Crippen MR) is 236 cm³/mol. The van der Waals surface area contributed by atoms with E-state index in [1.165, 1.54) is 93.4 Å². The minimum atomic E-state index is 0.0237. The van der Waals surface area contributed by atoms with Crippen LogP contribution in [0.1, 0.15) is 26.3 Å². The van der Waals surface area contributed by atoms with Gasteiger partial charge in [-0.2, -0.15) is 0 Å². The third kappa shape index (κ3) is 5.63. The molecule has 262 valence electrons. The SMILES string of the molecule is CC(C)(C)c1ccc2c(-c3ccccc3)c3ccccc3c(-c3ccc(-n4c5ccccc5c5cc(-c6ccc(-c7ccccc7)cc6)ccc54)cc3)c2c1. The minimum Gasteiger partial charge on any atom is -0.309 e. The number of hydrogen-bond donors (Lipinski definition) is 0. The number of benzene rings is 9. The number of rotatable bonds is 5. The van der Waals surface area contributed by atoms with E-state index in [-0.39, 0.29) is 5.41 Å². The van der Waals surface area contributed by atoms with E-state index in [1.807, 2.05) is 0 Å². The monoisotopic (exact) mass is 703 g/mol. The van der Waals surface area contributed by atoms with Crippen LogP contribution in [0.5, 0.6) is 0 Å². The summed E-state index contributed by atoms with van der Waals surface area (Å²) in [5, 5.41) is 7.63. The second-order valence-corrected chi connectivity index (χ2v) is 15.7. The number of para-hydroxylation sites is 1. The molecule has 0 aliphatic heterocycles. The maximum absolute atomic E-state index is 2.44. The smallest absolute Gasteiger partial charge is 0.0541 e.